The first-order chi connectivity index (χ1) is 21.8. The lowest BCUT2D eigenvalue weighted by atomic mass is 10.2. The lowest BCUT2D eigenvalue weighted by molar-refractivity contribution is 0.105. The van der Waals surface area contributed by atoms with E-state index in [1.807, 2.05) is 24.3 Å². The second kappa shape index (κ2) is 16.1. The summed E-state index contributed by atoms with van der Waals surface area (Å²) < 4.78 is 24.7. The second-order valence-corrected chi connectivity index (χ2v) is 11.7. The van der Waals surface area contributed by atoms with E-state index in [0.29, 0.717) is 77.0 Å². The zero-order valence-corrected chi connectivity index (χ0v) is 25.5. The van der Waals surface area contributed by atoms with Gasteiger partial charge in [-0.25, -0.2) is 0 Å². The molecule has 0 spiro atoms. The molecule has 230 valence electrons. The Kier molecular flexibility index (Phi) is 11.2. The fraction of sp³-hybridized carbons (Fsp3) is 0.368. The number of nitrogens with zero attached hydrogens (tertiary/aromatic N) is 2. The summed E-state index contributed by atoms with van der Waals surface area (Å²) >= 11 is 0. The molecule has 0 amide bonds. The summed E-state index contributed by atoms with van der Waals surface area (Å²) in [5.74, 6) is 0. The summed E-state index contributed by atoms with van der Waals surface area (Å²) in [4.78, 5) is 5.08. The van der Waals surface area contributed by atoms with Gasteiger partial charge in [0, 0.05) is 13.1 Å². The van der Waals surface area contributed by atoms with Crippen LogP contribution in [0.5, 0.6) is 0 Å². The zero-order valence-electron chi connectivity index (χ0n) is 25.5. The maximum absolute atomic E-state index is 6.17. The van der Waals surface area contributed by atoms with Gasteiger partial charge in [-0.1, -0.05) is 121 Å². The Morgan fingerprint density at radius 3 is 0.795 bits per heavy atom. The summed E-state index contributed by atoms with van der Waals surface area (Å²) in [6.07, 6.45) is 0. The molecule has 2 fully saturated rings. The van der Waals surface area contributed by atoms with Crippen molar-refractivity contribution in [3.8, 4) is 0 Å². The lowest BCUT2D eigenvalue weighted by Crippen LogP contribution is -2.20. The van der Waals surface area contributed by atoms with Crippen LogP contribution in [-0.2, 0) is 45.4 Å². The van der Waals surface area contributed by atoms with E-state index in [4.69, 9.17) is 18.9 Å². The zero-order chi connectivity index (χ0) is 29.8. The van der Waals surface area contributed by atoms with Crippen LogP contribution in [0.3, 0.4) is 0 Å². The fourth-order valence-corrected chi connectivity index (χ4v) is 5.99. The van der Waals surface area contributed by atoms with Crippen LogP contribution in [0.2, 0.25) is 0 Å². The van der Waals surface area contributed by atoms with Gasteiger partial charge >= 0.3 is 0 Å². The Balaban J connectivity index is 1.00. The molecule has 4 aromatic carbocycles. The molecule has 6 nitrogen and oxygen atoms in total. The number of rotatable bonds is 19. The largest absolute Gasteiger partial charge is 0.375 e. The Labute approximate surface area is 262 Å². The summed E-state index contributed by atoms with van der Waals surface area (Å²) in [5.41, 5.74) is 4.82. The van der Waals surface area contributed by atoms with Crippen LogP contribution in [-0.4, -0.2) is 73.5 Å². The SMILES string of the molecule is c1ccc(COC[C@@H]2[C@@H](COCc3ccccc3)N2CCN2[C@H](COCc3ccccc3)[C@H]2COCc2ccccc2)cc1. The number of ether oxygens (including phenoxy) is 4. The Bertz CT molecular complexity index is 1150. The first-order valence-corrected chi connectivity index (χ1v) is 15.8. The molecule has 2 saturated heterocycles. The monoisotopic (exact) mass is 592 g/mol. The Morgan fingerprint density at radius 1 is 0.341 bits per heavy atom. The molecule has 0 aromatic heterocycles. The van der Waals surface area contributed by atoms with Crippen LogP contribution in [0, 0.1) is 0 Å². The minimum absolute atomic E-state index is 0.370. The van der Waals surface area contributed by atoms with Crippen LogP contribution in [0.25, 0.3) is 0 Å². The standard InChI is InChI=1S/C38H44N2O4/c1-5-13-31(14-6-1)23-41-27-35-36(28-42-24-32-15-7-2-8-16-32)39(35)21-22-40-37(29-43-25-33-17-9-3-10-18-33)38(40)30-44-26-34-19-11-4-12-20-34/h1-20,35-38H,21-30H2/t35-,36-,37-,38-/m1/s1. The highest BCUT2D eigenvalue weighted by Crippen LogP contribution is 2.33. The number of hydrogen-bond acceptors (Lipinski definition) is 6. The van der Waals surface area contributed by atoms with E-state index in [2.05, 4.69) is 107 Å². The van der Waals surface area contributed by atoms with Crippen LogP contribution in [0.1, 0.15) is 22.3 Å². The van der Waals surface area contributed by atoms with Crippen molar-refractivity contribution in [1.29, 1.82) is 0 Å². The van der Waals surface area contributed by atoms with Gasteiger partial charge in [-0.15, -0.1) is 0 Å². The fourth-order valence-electron chi connectivity index (χ4n) is 5.99. The van der Waals surface area contributed by atoms with Crippen molar-refractivity contribution in [3.05, 3.63) is 144 Å². The molecule has 2 aliphatic heterocycles. The molecule has 6 heteroatoms. The smallest absolute Gasteiger partial charge is 0.0717 e. The Morgan fingerprint density at radius 2 is 0.568 bits per heavy atom. The van der Waals surface area contributed by atoms with Gasteiger partial charge in [-0.05, 0) is 22.3 Å². The molecule has 4 atom stereocenters. The lowest BCUT2D eigenvalue weighted by Gasteiger charge is -2.09. The van der Waals surface area contributed by atoms with Crippen molar-refractivity contribution in [2.75, 3.05) is 39.5 Å². The predicted octanol–water partition coefficient (Wildman–Crippen LogP) is 5.96. The Hall–Kier alpha value is -3.36. The topological polar surface area (TPSA) is 42.9 Å². The highest BCUT2D eigenvalue weighted by molar-refractivity contribution is 5.16. The van der Waals surface area contributed by atoms with Crippen molar-refractivity contribution in [2.45, 2.75) is 50.6 Å². The third-order valence-corrected chi connectivity index (χ3v) is 8.63. The molecule has 0 aliphatic carbocycles. The average Bonchev–Trinajstić information content (AvgIpc) is 3.95. The minimum atomic E-state index is 0.370. The van der Waals surface area contributed by atoms with Crippen LogP contribution < -0.4 is 0 Å². The average molecular weight is 593 g/mol. The molecule has 0 bridgehead atoms. The van der Waals surface area contributed by atoms with Crippen molar-refractivity contribution >= 4 is 0 Å². The van der Waals surface area contributed by atoms with Crippen LogP contribution in [0.15, 0.2) is 121 Å². The molecule has 0 unspecified atom stereocenters. The van der Waals surface area contributed by atoms with Crippen LogP contribution in [0.4, 0.5) is 0 Å². The van der Waals surface area contributed by atoms with Gasteiger partial charge in [0.1, 0.15) is 0 Å². The van der Waals surface area contributed by atoms with E-state index in [1.54, 1.807) is 0 Å². The molecule has 0 N–H and O–H groups in total. The first-order valence-electron chi connectivity index (χ1n) is 15.8. The predicted molar refractivity (Wildman–Crippen MR) is 173 cm³/mol. The van der Waals surface area contributed by atoms with E-state index >= 15 is 0 Å². The van der Waals surface area contributed by atoms with Crippen molar-refractivity contribution in [3.63, 3.8) is 0 Å². The summed E-state index contributed by atoms with van der Waals surface area (Å²) in [7, 11) is 0. The van der Waals surface area contributed by atoms with E-state index in [1.165, 1.54) is 22.3 Å². The van der Waals surface area contributed by atoms with E-state index in [0.717, 1.165) is 13.1 Å². The molecule has 6 rings (SSSR count). The number of benzene rings is 4. The van der Waals surface area contributed by atoms with Crippen molar-refractivity contribution in [2.24, 2.45) is 0 Å². The van der Waals surface area contributed by atoms with Gasteiger partial charge in [0.15, 0.2) is 0 Å². The maximum atomic E-state index is 6.17. The molecule has 0 saturated carbocycles. The molecular formula is C38H44N2O4. The summed E-state index contributed by atoms with van der Waals surface area (Å²) in [6, 6.07) is 43.1. The summed E-state index contributed by atoms with van der Waals surface area (Å²) in [6.45, 7) is 7.33. The summed E-state index contributed by atoms with van der Waals surface area (Å²) in [5, 5.41) is 0. The van der Waals surface area contributed by atoms with Gasteiger partial charge in [0.2, 0.25) is 0 Å². The molecule has 0 radical (unpaired) electrons. The van der Waals surface area contributed by atoms with Crippen LogP contribution >= 0.6 is 0 Å². The quantitative estimate of drug-likeness (QED) is 0.125. The minimum Gasteiger partial charge on any atom is -0.375 e. The molecule has 2 heterocycles. The molecule has 4 aromatic rings. The highest BCUT2D eigenvalue weighted by atomic mass is 16.5. The molecule has 2 aliphatic rings. The molecule has 44 heavy (non-hydrogen) atoms. The highest BCUT2D eigenvalue weighted by Gasteiger charge is 2.51. The maximum Gasteiger partial charge on any atom is 0.0717 e. The van der Waals surface area contributed by atoms with E-state index < -0.39 is 0 Å². The van der Waals surface area contributed by atoms with E-state index in [9.17, 15) is 0 Å². The van der Waals surface area contributed by atoms with Gasteiger partial charge in [0.05, 0.1) is 77.0 Å². The second-order valence-electron chi connectivity index (χ2n) is 11.7. The normalized spacial score (nSPS) is 23.8. The van der Waals surface area contributed by atoms with Gasteiger partial charge < -0.3 is 18.9 Å². The van der Waals surface area contributed by atoms with E-state index in [-0.39, 0.29) is 0 Å². The third-order valence-electron chi connectivity index (χ3n) is 8.63. The number of hydrogen-bond donors (Lipinski definition) is 0. The third kappa shape index (κ3) is 9.08. The van der Waals surface area contributed by atoms with Crippen molar-refractivity contribution < 1.29 is 18.9 Å². The molecular weight excluding hydrogens is 548 g/mol. The van der Waals surface area contributed by atoms with Gasteiger partial charge in [-0.3, -0.25) is 9.80 Å². The van der Waals surface area contributed by atoms with Gasteiger partial charge in [0.25, 0.3) is 0 Å². The van der Waals surface area contributed by atoms with Crippen molar-refractivity contribution in [1.82, 2.24) is 9.80 Å². The van der Waals surface area contributed by atoms with Gasteiger partial charge in [-0.2, -0.15) is 0 Å². The first kappa shape index (κ1) is 30.7.